The van der Waals surface area contributed by atoms with Crippen molar-refractivity contribution >= 4 is 6.09 Å². The van der Waals surface area contributed by atoms with E-state index in [4.69, 9.17) is 9.47 Å². The molecule has 1 aliphatic rings. The molecule has 0 aliphatic carbocycles. The van der Waals surface area contributed by atoms with E-state index in [0.29, 0.717) is 6.61 Å². The summed E-state index contributed by atoms with van der Waals surface area (Å²) in [4.78, 5) is 14.0. The third-order valence-electron chi connectivity index (χ3n) is 4.51. The molecule has 1 amide bonds. The van der Waals surface area contributed by atoms with Crippen molar-refractivity contribution in [1.29, 1.82) is 0 Å². The van der Waals surface area contributed by atoms with Crippen LogP contribution >= 0.6 is 0 Å². The zero-order valence-corrected chi connectivity index (χ0v) is 14.8. The molecule has 0 radical (unpaired) electrons. The van der Waals surface area contributed by atoms with Gasteiger partial charge in [0.2, 0.25) is 0 Å². The van der Waals surface area contributed by atoms with Gasteiger partial charge in [-0.25, -0.2) is 4.79 Å². The van der Waals surface area contributed by atoms with Crippen molar-refractivity contribution in [1.82, 2.24) is 4.90 Å². The largest absolute Gasteiger partial charge is 0.493 e. The fourth-order valence-corrected chi connectivity index (χ4v) is 2.84. The summed E-state index contributed by atoms with van der Waals surface area (Å²) in [6.07, 6.45) is 2.76. The quantitative estimate of drug-likeness (QED) is 0.820. The molecule has 0 unspecified atom stereocenters. The van der Waals surface area contributed by atoms with Gasteiger partial charge in [-0.05, 0) is 52.2 Å². The molecule has 0 spiro atoms. The molecule has 4 heteroatoms. The summed E-state index contributed by atoms with van der Waals surface area (Å²) in [6, 6.07) is 9.93. The second-order valence-electron chi connectivity index (χ2n) is 7.42. The van der Waals surface area contributed by atoms with Crippen LogP contribution < -0.4 is 4.74 Å². The molecule has 4 nitrogen and oxygen atoms in total. The molecule has 1 aliphatic heterocycles. The first-order chi connectivity index (χ1) is 10.8. The van der Waals surface area contributed by atoms with Crippen molar-refractivity contribution in [2.45, 2.75) is 52.6 Å². The Morgan fingerprint density at radius 3 is 2.30 bits per heavy atom. The van der Waals surface area contributed by atoms with Crippen molar-refractivity contribution in [3.05, 3.63) is 30.3 Å². The highest BCUT2D eigenvalue weighted by molar-refractivity contribution is 5.68. The molecular formula is C19H29NO3. The Bertz CT molecular complexity index is 499. The average molecular weight is 319 g/mol. The molecule has 0 bridgehead atoms. The maximum atomic E-state index is 12.2. The minimum absolute atomic E-state index is 0.147. The van der Waals surface area contributed by atoms with Crippen molar-refractivity contribution in [3.8, 4) is 5.75 Å². The summed E-state index contributed by atoms with van der Waals surface area (Å²) in [5.74, 6) is 0.912. The highest BCUT2D eigenvalue weighted by atomic mass is 16.6. The van der Waals surface area contributed by atoms with Crippen LogP contribution in [-0.2, 0) is 4.74 Å². The molecule has 1 aromatic rings. The number of carbonyl (C=O) groups is 1. The Kier molecular flexibility index (Phi) is 5.55. The summed E-state index contributed by atoms with van der Waals surface area (Å²) in [6.45, 7) is 10.1. The predicted octanol–water partition coefficient (Wildman–Crippen LogP) is 4.49. The van der Waals surface area contributed by atoms with Gasteiger partial charge in [0, 0.05) is 18.5 Å². The molecule has 0 atom stereocenters. The van der Waals surface area contributed by atoms with Crippen LogP contribution in [0.25, 0.3) is 0 Å². The van der Waals surface area contributed by atoms with Crippen molar-refractivity contribution in [2.24, 2.45) is 5.41 Å². The molecule has 1 fully saturated rings. The van der Waals surface area contributed by atoms with Crippen molar-refractivity contribution < 1.29 is 14.3 Å². The van der Waals surface area contributed by atoms with Gasteiger partial charge in [0.05, 0.1) is 6.61 Å². The summed E-state index contributed by atoms with van der Waals surface area (Å²) in [7, 11) is 0. The molecule has 23 heavy (non-hydrogen) atoms. The first-order valence-electron chi connectivity index (χ1n) is 8.49. The molecule has 128 valence electrons. The Labute approximate surface area is 139 Å². The highest BCUT2D eigenvalue weighted by Crippen LogP contribution is 2.36. The third-order valence-corrected chi connectivity index (χ3v) is 4.51. The standard InChI is InChI=1S/C19H29NO3/c1-5-19(15-22-16-9-7-6-8-10-16)11-13-20(14-12-19)17(21)23-18(2,3)4/h6-10H,5,11-15H2,1-4H3. The minimum Gasteiger partial charge on any atom is -0.493 e. The summed E-state index contributed by atoms with van der Waals surface area (Å²) in [5.41, 5.74) is -0.291. The molecule has 1 saturated heterocycles. The fraction of sp³-hybridized carbons (Fsp3) is 0.632. The van der Waals surface area contributed by atoms with Crippen molar-refractivity contribution in [3.63, 3.8) is 0 Å². The lowest BCUT2D eigenvalue weighted by Gasteiger charge is -2.41. The lowest BCUT2D eigenvalue weighted by Crippen LogP contribution is -2.46. The summed E-state index contributed by atoms with van der Waals surface area (Å²) < 4.78 is 11.4. The Morgan fingerprint density at radius 1 is 1.17 bits per heavy atom. The molecule has 1 aromatic carbocycles. The fourth-order valence-electron chi connectivity index (χ4n) is 2.84. The zero-order chi connectivity index (χ0) is 16.9. The van der Waals surface area contributed by atoms with E-state index in [1.807, 2.05) is 56.0 Å². The maximum Gasteiger partial charge on any atom is 0.410 e. The molecular weight excluding hydrogens is 290 g/mol. The smallest absolute Gasteiger partial charge is 0.410 e. The lowest BCUT2D eigenvalue weighted by atomic mass is 9.77. The molecule has 2 rings (SSSR count). The van der Waals surface area contributed by atoms with E-state index in [-0.39, 0.29) is 11.5 Å². The number of hydrogen-bond donors (Lipinski definition) is 0. The van der Waals surface area contributed by atoms with Gasteiger partial charge < -0.3 is 14.4 Å². The second kappa shape index (κ2) is 7.24. The Morgan fingerprint density at radius 2 is 1.78 bits per heavy atom. The van der Waals surface area contributed by atoms with Gasteiger partial charge >= 0.3 is 6.09 Å². The number of carbonyl (C=O) groups excluding carboxylic acids is 1. The topological polar surface area (TPSA) is 38.8 Å². The van der Waals surface area contributed by atoms with Crippen LogP contribution in [0.15, 0.2) is 30.3 Å². The monoisotopic (exact) mass is 319 g/mol. The van der Waals surface area contributed by atoms with Gasteiger partial charge in [0.25, 0.3) is 0 Å². The number of rotatable bonds is 4. The number of ether oxygens (including phenoxy) is 2. The summed E-state index contributed by atoms with van der Waals surface area (Å²) in [5, 5.41) is 0. The van der Waals surface area contributed by atoms with Crippen LogP contribution in [0.5, 0.6) is 5.75 Å². The van der Waals surface area contributed by atoms with E-state index in [1.54, 1.807) is 0 Å². The Hall–Kier alpha value is -1.71. The highest BCUT2D eigenvalue weighted by Gasteiger charge is 2.36. The zero-order valence-electron chi connectivity index (χ0n) is 14.8. The van der Waals surface area contributed by atoms with Crippen LogP contribution in [0.4, 0.5) is 4.79 Å². The van der Waals surface area contributed by atoms with Gasteiger partial charge in [-0.2, -0.15) is 0 Å². The minimum atomic E-state index is -0.438. The Balaban J connectivity index is 1.88. The van der Waals surface area contributed by atoms with Crippen LogP contribution in [-0.4, -0.2) is 36.3 Å². The number of nitrogens with zero attached hydrogens (tertiary/aromatic N) is 1. The average Bonchev–Trinajstić information content (AvgIpc) is 2.53. The van der Waals surface area contributed by atoms with Crippen LogP contribution in [0.1, 0.15) is 47.0 Å². The van der Waals surface area contributed by atoms with Crippen LogP contribution in [0.3, 0.4) is 0 Å². The van der Waals surface area contributed by atoms with E-state index in [0.717, 1.165) is 38.1 Å². The van der Waals surface area contributed by atoms with E-state index in [1.165, 1.54) is 0 Å². The van der Waals surface area contributed by atoms with Gasteiger partial charge in [-0.1, -0.05) is 25.1 Å². The van der Waals surface area contributed by atoms with Gasteiger partial charge in [-0.15, -0.1) is 0 Å². The number of para-hydroxylation sites is 1. The lowest BCUT2D eigenvalue weighted by molar-refractivity contribution is 0.00149. The number of hydrogen-bond acceptors (Lipinski definition) is 3. The second-order valence-corrected chi connectivity index (χ2v) is 7.42. The number of piperidine rings is 1. The van der Waals surface area contributed by atoms with E-state index >= 15 is 0 Å². The predicted molar refractivity (Wildman–Crippen MR) is 91.7 cm³/mol. The van der Waals surface area contributed by atoms with Crippen molar-refractivity contribution in [2.75, 3.05) is 19.7 Å². The summed E-state index contributed by atoms with van der Waals surface area (Å²) >= 11 is 0. The SMILES string of the molecule is CCC1(COc2ccccc2)CCN(C(=O)OC(C)(C)C)CC1. The molecule has 0 aromatic heterocycles. The number of amides is 1. The number of benzene rings is 1. The van der Waals surface area contributed by atoms with Gasteiger partial charge in [-0.3, -0.25) is 0 Å². The third kappa shape index (κ3) is 5.15. The van der Waals surface area contributed by atoms with Crippen LogP contribution in [0, 0.1) is 5.41 Å². The normalized spacial score (nSPS) is 17.7. The van der Waals surface area contributed by atoms with Gasteiger partial charge in [0.15, 0.2) is 0 Å². The molecule has 1 heterocycles. The van der Waals surface area contributed by atoms with E-state index < -0.39 is 5.60 Å². The van der Waals surface area contributed by atoms with Gasteiger partial charge in [0.1, 0.15) is 11.4 Å². The molecule has 0 N–H and O–H groups in total. The first kappa shape index (κ1) is 17.6. The maximum absolute atomic E-state index is 12.2. The van der Waals surface area contributed by atoms with Crippen LogP contribution in [0.2, 0.25) is 0 Å². The molecule has 0 saturated carbocycles. The number of likely N-dealkylation sites (tertiary alicyclic amines) is 1. The van der Waals surface area contributed by atoms with E-state index in [2.05, 4.69) is 6.92 Å². The first-order valence-corrected chi connectivity index (χ1v) is 8.49. The van der Waals surface area contributed by atoms with E-state index in [9.17, 15) is 4.79 Å².